The summed E-state index contributed by atoms with van der Waals surface area (Å²) in [5.41, 5.74) is 0.496. The molecule has 1 amide bonds. The van der Waals surface area contributed by atoms with Gasteiger partial charge in [0, 0.05) is 6.54 Å². The minimum absolute atomic E-state index is 0.233. The van der Waals surface area contributed by atoms with Gasteiger partial charge in [0.25, 0.3) is 5.91 Å². The smallest absolute Gasteiger partial charge is 0.258 e. The number of ether oxygens (including phenoxy) is 1. The van der Waals surface area contributed by atoms with Crippen molar-refractivity contribution in [2.24, 2.45) is 0 Å². The second kappa shape index (κ2) is 6.06. The van der Waals surface area contributed by atoms with Crippen LogP contribution >= 0.6 is 0 Å². The molecule has 4 nitrogen and oxygen atoms in total. The van der Waals surface area contributed by atoms with Gasteiger partial charge in [-0.25, -0.2) is 4.39 Å². The Labute approximate surface area is 115 Å². The molecule has 2 rings (SSSR count). The van der Waals surface area contributed by atoms with Crippen LogP contribution in [-0.4, -0.2) is 18.1 Å². The molecule has 20 heavy (non-hydrogen) atoms. The van der Waals surface area contributed by atoms with Gasteiger partial charge in [-0.2, -0.15) is 0 Å². The van der Waals surface area contributed by atoms with Gasteiger partial charge in [-0.15, -0.1) is 0 Å². The molecule has 0 aliphatic carbocycles. The van der Waals surface area contributed by atoms with E-state index in [1.54, 1.807) is 31.4 Å². The van der Waals surface area contributed by atoms with E-state index in [0.29, 0.717) is 5.75 Å². The van der Waals surface area contributed by atoms with Crippen molar-refractivity contribution in [2.75, 3.05) is 7.11 Å². The second-order valence-electron chi connectivity index (χ2n) is 4.16. The molecule has 0 heterocycles. The van der Waals surface area contributed by atoms with Crippen LogP contribution in [0.15, 0.2) is 42.5 Å². The molecule has 5 heteroatoms. The van der Waals surface area contributed by atoms with Crippen molar-refractivity contribution in [3.05, 3.63) is 59.4 Å². The number of methoxy groups -OCH3 is 1. The third kappa shape index (κ3) is 3.06. The Balaban J connectivity index is 2.05. The number of hydrogen-bond donors (Lipinski definition) is 2. The Hall–Kier alpha value is -2.56. The Morgan fingerprint density at radius 3 is 2.55 bits per heavy atom. The number of amides is 1. The lowest BCUT2D eigenvalue weighted by atomic mass is 10.1. The fourth-order valence-electron chi connectivity index (χ4n) is 1.75. The number of carbonyl (C=O) groups excluding carboxylic acids is 1. The Morgan fingerprint density at radius 1 is 1.25 bits per heavy atom. The number of nitrogens with one attached hydrogen (secondary N) is 1. The van der Waals surface area contributed by atoms with E-state index in [1.165, 1.54) is 12.1 Å². The molecule has 0 saturated carbocycles. The summed E-state index contributed by atoms with van der Waals surface area (Å²) in [4.78, 5) is 11.8. The predicted molar refractivity (Wildman–Crippen MR) is 72.2 cm³/mol. The molecule has 2 aromatic carbocycles. The molecule has 2 N–H and O–H groups in total. The van der Waals surface area contributed by atoms with E-state index in [2.05, 4.69) is 5.32 Å². The normalized spacial score (nSPS) is 10.1. The van der Waals surface area contributed by atoms with Gasteiger partial charge in [0.2, 0.25) is 0 Å². The fraction of sp³-hybridized carbons (Fsp3) is 0.133. The number of aromatic hydroxyl groups is 1. The zero-order valence-electron chi connectivity index (χ0n) is 10.9. The van der Waals surface area contributed by atoms with Gasteiger partial charge in [-0.3, -0.25) is 4.79 Å². The maximum Gasteiger partial charge on any atom is 0.258 e. The molecule has 0 unspecified atom stereocenters. The third-order valence-corrected chi connectivity index (χ3v) is 2.83. The number of hydrogen-bond acceptors (Lipinski definition) is 3. The van der Waals surface area contributed by atoms with E-state index in [9.17, 15) is 14.3 Å². The average molecular weight is 275 g/mol. The molecular weight excluding hydrogens is 261 g/mol. The number of benzene rings is 2. The standard InChI is InChI=1S/C15H14FNO3/c1-20-11-7-5-10(6-8-11)9-17-15(19)14-12(16)3-2-4-13(14)18/h2-8,18H,9H2,1H3,(H,17,19). The first kappa shape index (κ1) is 13.9. The van der Waals surface area contributed by atoms with E-state index >= 15 is 0 Å². The minimum Gasteiger partial charge on any atom is -0.507 e. The molecule has 0 atom stereocenters. The largest absolute Gasteiger partial charge is 0.507 e. The molecular formula is C15H14FNO3. The monoisotopic (exact) mass is 275 g/mol. The van der Waals surface area contributed by atoms with Crippen molar-refractivity contribution < 1.29 is 19.0 Å². The molecule has 0 radical (unpaired) electrons. The zero-order chi connectivity index (χ0) is 14.5. The Morgan fingerprint density at radius 2 is 1.95 bits per heavy atom. The summed E-state index contributed by atoms with van der Waals surface area (Å²) < 4.78 is 18.5. The third-order valence-electron chi connectivity index (χ3n) is 2.83. The second-order valence-corrected chi connectivity index (χ2v) is 4.16. The highest BCUT2D eigenvalue weighted by molar-refractivity contribution is 5.97. The average Bonchev–Trinajstić information content (AvgIpc) is 2.45. The minimum atomic E-state index is -0.753. The summed E-state index contributed by atoms with van der Waals surface area (Å²) in [6, 6.07) is 10.9. The first-order valence-corrected chi connectivity index (χ1v) is 6.00. The highest BCUT2D eigenvalue weighted by Gasteiger charge is 2.15. The molecule has 0 saturated heterocycles. The van der Waals surface area contributed by atoms with E-state index in [-0.39, 0.29) is 17.9 Å². The highest BCUT2D eigenvalue weighted by atomic mass is 19.1. The van der Waals surface area contributed by atoms with Crippen LogP contribution in [0.4, 0.5) is 4.39 Å². The van der Waals surface area contributed by atoms with Crippen LogP contribution in [0.3, 0.4) is 0 Å². The van der Waals surface area contributed by atoms with Gasteiger partial charge in [0.15, 0.2) is 0 Å². The summed E-state index contributed by atoms with van der Waals surface area (Å²) in [6.45, 7) is 0.233. The van der Waals surface area contributed by atoms with Crippen LogP contribution in [0.25, 0.3) is 0 Å². The summed E-state index contributed by atoms with van der Waals surface area (Å²) >= 11 is 0. The maximum atomic E-state index is 13.5. The SMILES string of the molecule is COc1ccc(CNC(=O)c2c(O)cccc2F)cc1. The van der Waals surface area contributed by atoms with Crippen molar-refractivity contribution in [3.63, 3.8) is 0 Å². The van der Waals surface area contributed by atoms with Gasteiger partial charge < -0.3 is 15.2 Å². The quantitative estimate of drug-likeness (QED) is 0.901. The van der Waals surface area contributed by atoms with Gasteiger partial charge in [0.05, 0.1) is 7.11 Å². The van der Waals surface area contributed by atoms with Crippen molar-refractivity contribution in [1.82, 2.24) is 5.32 Å². The molecule has 104 valence electrons. The van der Waals surface area contributed by atoms with Crippen molar-refractivity contribution in [3.8, 4) is 11.5 Å². The summed E-state index contributed by atoms with van der Waals surface area (Å²) in [6.07, 6.45) is 0. The summed E-state index contributed by atoms with van der Waals surface area (Å²) in [5, 5.41) is 12.1. The highest BCUT2D eigenvalue weighted by Crippen LogP contribution is 2.19. The number of carbonyl (C=O) groups is 1. The van der Waals surface area contributed by atoms with Crippen LogP contribution in [0, 0.1) is 5.82 Å². The van der Waals surface area contributed by atoms with Crippen LogP contribution in [0.5, 0.6) is 11.5 Å². The van der Waals surface area contributed by atoms with Crippen LogP contribution in [-0.2, 0) is 6.54 Å². The zero-order valence-corrected chi connectivity index (χ0v) is 10.9. The van der Waals surface area contributed by atoms with Crippen LogP contribution < -0.4 is 10.1 Å². The first-order valence-electron chi connectivity index (χ1n) is 6.00. The van der Waals surface area contributed by atoms with Crippen molar-refractivity contribution in [2.45, 2.75) is 6.54 Å². The van der Waals surface area contributed by atoms with E-state index < -0.39 is 11.7 Å². The molecule has 0 spiro atoms. The Kier molecular flexibility index (Phi) is 4.20. The lowest BCUT2D eigenvalue weighted by Gasteiger charge is -2.08. The number of halogens is 1. The van der Waals surface area contributed by atoms with E-state index in [4.69, 9.17) is 4.74 Å². The van der Waals surface area contributed by atoms with Crippen LogP contribution in [0.2, 0.25) is 0 Å². The molecule has 2 aromatic rings. The predicted octanol–water partition coefficient (Wildman–Crippen LogP) is 2.47. The van der Waals surface area contributed by atoms with Crippen LogP contribution in [0.1, 0.15) is 15.9 Å². The Bertz CT molecular complexity index is 591. The summed E-state index contributed by atoms with van der Waals surface area (Å²) in [7, 11) is 1.57. The molecule has 0 aromatic heterocycles. The van der Waals surface area contributed by atoms with E-state index in [1.807, 2.05) is 0 Å². The number of phenols is 1. The summed E-state index contributed by atoms with van der Waals surface area (Å²) in [5.74, 6) is -1.07. The van der Waals surface area contributed by atoms with Gasteiger partial charge in [-0.05, 0) is 29.8 Å². The lowest BCUT2D eigenvalue weighted by Crippen LogP contribution is -2.23. The maximum absolute atomic E-state index is 13.5. The lowest BCUT2D eigenvalue weighted by molar-refractivity contribution is 0.0944. The molecule has 0 bridgehead atoms. The fourth-order valence-corrected chi connectivity index (χ4v) is 1.75. The number of phenolic OH excluding ortho intramolecular Hbond substituents is 1. The van der Waals surface area contributed by atoms with Gasteiger partial charge >= 0.3 is 0 Å². The van der Waals surface area contributed by atoms with E-state index in [0.717, 1.165) is 11.6 Å². The first-order chi connectivity index (χ1) is 9.61. The topological polar surface area (TPSA) is 58.6 Å². The van der Waals surface area contributed by atoms with Crippen molar-refractivity contribution in [1.29, 1.82) is 0 Å². The van der Waals surface area contributed by atoms with Crippen molar-refractivity contribution >= 4 is 5.91 Å². The molecule has 0 fully saturated rings. The molecule has 0 aliphatic heterocycles. The number of rotatable bonds is 4. The van der Waals surface area contributed by atoms with Gasteiger partial charge in [0.1, 0.15) is 22.9 Å². The van der Waals surface area contributed by atoms with Gasteiger partial charge in [-0.1, -0.05) is 18.2 Å². The molecule has 0 aliphatic rings.